The number of aryl methyl sites for hydroxylation is 2. The zero-order valence-electron chi connectivity index (χ0n) is 16.9. The number of rotatable bonds is 6. The second-order valence-corrected chi connectivity index (χ2v) is 7.37. The number of benzene rings is 1. The minimum absolute atomic E-state index is 0.0000327. The van der Waals surface area contributed by atoms with E-state index >= 15 is 0 Å². The van der Waals surface area contributed by atoms with Gasteiger partial charge >= 0.3 is 11.8 Å². The van der Waals surface area contributed by atoms with Crippen molar-refractivity contribution in [3.63, 3.8) is 0 Å². The van der Waals surface area contributed by atoms with Crippen LogP contribution in [0.5, 0.6) is 0 Å². The summed E-state index contributed by atoms with van der Waals surface area (Å²) in [4.78, 5) is 28.5. The predicted octanol–water partition coefficient (Wildman–Crippen LogP) is 1.87. The van der Waals surface area contributed by atoms with E-state index in [1.807, 2.05) is 32.0 Å². The quantitative estimate of drug-likeness (QED) is 0.661. The molecule has 4 rings (SSSR count). The number of hydrogen-bond donors (Lipinski definition) is 1. The SMILES string of the molecule is Cc1ccc(-c2ccc(=O)n(Cc3noc(C(=O)NC[C@H]4CCCO4)n3)n2)cc1C. The molecule has 1 aliphatic heterocycles. The first-order valence-corrected chi connectivity index (χ1v) is 9.88. The molecule has 1 N–H and O–H groups in total. The molecule has 156 valence electrons. The number of aromatic nitrogens is 4. The van der Waals surface area contributed by atoms with E-state index in [1.165, 1.54) is 16.3 Å². The van der Waals surface area contributed by atoms with E-state index < -0.39 is 5.91 Å². The van der Waals surface area contributed by atoms with Gasteiger partial charge in [0.05, 0.1) is 11.8 Å². The van der Waals surface area contributed by atoms with Crippen LogP contribution in [0.4, 0.5) is 0 Å². The lowest BCUT2D eigenvalue weighted by molar-refractivity contribution is 0.0822. The molecule has 30 heavy (non-hydrogen) atoms. The third-order valence-corrected chi connectivity index (χ3v) is 5.14. The minimum atomic E-state index is -0.464. The number of carbonyl (C=O) groups excluding carboxylic acids is 1. The summed E-state index contributed by atoms with van der Waals surface area (Å²) in [6.45, 7) is 5.18. The molecule has 0 unspecified atom stereocenters. The van der Waals surface area contributed by atoms with Gasteiger partial charge in [0.15, 0.2) is 5.82 Å². The van der Waals surface area contributed by atoms with Crippen LogP contribution >= 0.6 is 0 Å². The summed E-state index contributed by atoms with van der Waals surface area (Å²) in [6.07, 6.45) is 1.93. The fourth-order valence-corrected chi connectivity index (χ4v) is 3.25. The Bertz CT molecular complexity index is 1110. The molecule has 0 aliphatic carbocycles. The standard InChI is InChI=1S/C21H23N5O4/c1-13-5-6-15(10-14(13)2)17-7-8-19(27)26(24-17)12-18-23-21(30-25-18)20(28)22-11-16-4-3-9-29-16/h5-8,10,16H,3-4,9,11-12H2,1-2H3,(H,22,28)/t16-/m1/s1. The number of nitrogens with one attached hydrogen (secondary N) is 1. The third kappa shape index (κ3) is 4.46. The lowest BCUT2D eigenvalue weighted by Gasteiger charge is -2.08. The Morgan fingerprint density at radius 3 is 2.87 bits per heavy atom. The summed E-state index contributed by atoms with van der Waals surface area (Å²) in [5.74, 6) is -0.418. The third-order valence-electron chi connectivity index (χ3n) is 5.14. The summed E-state index contributed by atoms with van der Waals surface area (Å²) in [6, 6.07) is 9.14. The molecule has 0 bridgehead atoms. The molecule has 9 nitrogen and oxygen atoms in total. The number of carbonyl (C=O) groups is 1. The van der Waals surface area contributed by atoms with Gasteiger partial charge in [-0.25, -0.2) is 4.68 Å². The number of hydrogen-bond acceptors (Lipinski definition) is 7. The van der Waals surface area contributed by atoms with E-state index in [2.05, 4.69) is 20.6 Å². The maximum atomic E-state index is 12.2. The molecular formula is C21H23N5O4. The Morgan fingerprint density at radius 2 is 2.10 bits per heavy atom. The Balaban J connectivity index is 1.47. The smallest absolute Gasteiger partial charge is 0.316 e. The highest BCUT2D eigenvalue weighted by molar-refractivity contribution is 5.89. The average Bonchev–Trinajstić information content (AvgIpc) is 3.42. The molecule has 1 aliphatic rings. The predicted molar refractivity (Wildman–Crippen MR) is 108 cm³/mol. The summed E-state index contributed by atoms with van der Waals surface area (Å²) in [5, 5.41) is 10.9. The first-order chi connectivity index (χ1) is 14.5. The zero-order valence-corrected chi connectivity index (χ0v) is 16.9. The summed E-state index contributed by atoms with van der Waals surface area (Å²) < 4.78 is 11.8. The Kier molecular flexibility index (Phi) is 5.71. The second kappa shape index (κ2) is 8.58. The highest BCUT2D eigenvalue weighted by atomic mass is 16.5. The Hall–Kier alpha value is -3.33. The van der Waals surface area contributed by atoms with Gasteiger partial charge in [0, 0.05) is 24.8 Å². The van der Waals surface area contributed by atoms with Crippen molar-refractivity contribution in [2.75, 3.05) is 13.2 Å². The molecule has 1 amide bonds. The number of nitrogens with zero attached hydrogens (tertiary/aromatic N) is 4. The van der Waals surface area contributed by atoms with E-state index in [4.69, 9.17) is 9.26 Å². The fraction of sp³-hybridized carbons (Fsp3) is 0.381. The van der Waals surface area contributed by atoms with Crippen molar-refractivity contribution in [1.82, 2.24) is 25.2 Å². The van der Waals surface area contributed by atoms with Crippen molar-refractivity contribution >= 4 is 5.91 Å². The van der Waals surface area contributed by atoms with Crippen molar-refractivity contribution < 1.29 is 14.1 Å². The van der Waals surface area contributed by atoms with Gasteiger partial charge in [0.1, 0.15) is 6.54 Å². The van der Waals surface area contributed by atoms with Crippen LogP contribution in [0.15, 0.2) is 39.6 Å². The van der Waals surface area contributed by atoms with Crippen LogP contribution in [0, 0.1) is 13.8 Å². The van der Waals surface area contributed by atoms with E-state index in [0.29, 0.717) is 18.8 Å². The van der Waals surface area contributed by atoms with Gasteiger partial charge in [-0.3, -0.25) is 9.59 Å². The number of ether oxygens (including phenoxy) is 1. The van der Waals surface area contributed by atoms with Crippen LogP contribution in [0.2, 0.25) is 0 Å². The zero-order chi connectivity index (χ0) is 21.1. The summed E-state index contributed by atoms with van der Waals surface area (Å²) in [7, 11) is 0. The molecule has 2 aromatic heterocycles. The van der Waals surface area contributed by atoms with Gasteiger partial charge < -0.3 is 14.6 Å². The van der Waals surface area contributed by atoms with Crippen LogP contribution in [0.1, 0.15) is 40.5 Å². The Morgan fingerprint density at radius 1 is 1.23 bits per heavy atom. The van der Waals surface area contributed by atoms with Gasteiger partial charge in [-0.05, 0) is 49.9 Å². The van der Waals surface area contributed by atoms with Crippen molar-refractivity contribution in [3.05, 3.63) is 63.5 Å². The maximum absolute atomic E-state index is 12.2. The summed E-state index contributed by atoms with van der Waals surface area (Å²) in [5.41, 5.74) is 3.61. The Labute approximate surface area is 173 Å². The lowest BCUT2D eigenvalue weighted by Crippen LogP contribution is -2.32. The van der Waals surface area contributed by atoms with Gasteiger partial charge in [-0.2, -0.15) is 10.1 Å². The van der Waals surface area contributed by atoms with Crippen LogP contribution in [0.25, 0.3) is 11.3 Å². The molecule has 0 spiro atoms. The highest BCUT2D eigenvalue weighted by Crippen LogP contribution is 2.19. The monoisotopic (exact) mass is 409 g/mol. The topological polar surface area (TPSA) is 112 Å². The molecule has 0 saturated carbocycles. The fourth-order valence-electron chi connectivity index (χ4n) is 3.25. The molecule has 3 aromatic rings. The average molecular weight is 409 g/mol. The van der Waals surface area contributed by atoms with Gasteiger partial charge in [-0.15, -0.1) is 0 Å². The minimum Gasteiger partial charge on any atom is -0.376 e. The normalized spacial score (nSPS) is 16.0. The molecular weight excluding hydrogens is 386 g/mol. The molecule has 1 aromatic carbocycles. The van der Waals surface area contributed by atoms with E-state index in [9.17, 15) is 9.59 Å². The van der Waals surface area contributed by atoms with Crippen molar-refractivity contribution in [3.8, 4) is 11.3 Å². The second-order valence-electron chi connectivity index (χ2n) is 7.37. The van der Waals surface area contributed by atoms with Crippen LogP contribution in [-0.4, -0.2) is 45.1 Å². The first-order valence-electron chi connectivity index (χ1n) is 9.88. The van der Waals surface area contributed by atoms with E-state index in [1.54, 1.807) is 6.07 Å². The van der Waals surface area contributed by atoms with Crippen molar-refractivity contribution in [2.24, 2.45) is 0 Å². The molecule has 1 saturated heterocycles. The van der Waals surface area contributed by atoms with Crippen LogP contribution < -0.4 is 10.9 Å². The molecule has 1 atom stereocenters. The molecule has 3 heterocycles. The van der Waals surface area contributed by atoms with Gasteiger partial charge in [0.2, 0.25) is 0 Å². The largest absolute Gasteiger partial charge is 0.376 e. The van der Waals surface area contributed by atoms with E-state index in [-0.39, 0.29) is 29.9 Å². The molecule has 9 heteroatoms. The lowest BCUT2D eigenvalue weighted by atomic mass is 10.0. The van der Waals surface area contributed by atoms with Crippen LogP contribution in [0.3, 0.4) is 0 Å². The van der Waals surface area contributed by atoms with E-state index in [0.717, 1.165) is 24.0 Å². The summed E-state index contributed by atoms with van der Waals surface area (Å²) >= 11 is 0. The van der Waals surface area contributed by atoms with Crippen molar-refractivity contribution in [1.29, 1.82) is 0 Å². The number of amides is 1. The maximum Gasteiger partial charge on any atom is 0.316 e. The van der Waals surface area contributed by atoms with Crippen molar-refractivity contribution in [2.45, 2.75) is 39.3 Å². The molecule has 0 radical (unpaired) electrons. The molecule has 1 fully saturated rings. The van der Waals surface area contributed by atoms with Gasteiger partial charge in [-0.1, -0.05) is 17.3 Å². The highest BCUT2D eigenvalue weighted by Gasteiger charge is 2.20. The van der Waals surface area contributed by atoms with Crippen LogP contribution in [-0.2, 0) is 11.3 Å². The first kappa shape index (κ1) is 20.0. The van der Waals surface area contributed by atoms with Gasteiger partial charge in [0.25, 0.3) is 5.56 Å².